The molecule has 0 aromatic heterocycles. The SMILES string of the molecule is N#CCCN(Cc1cccc(O)c1)C1CC1. The first-order chi connectivity index (χ1) is 7.79. The third-order valence-corrected chi connectivity index (χ3v) is 2.87. The van der Waals surface area contributed by atoms with Gasteiger partial charge >= 0.3 is 0 Å². The van der Waals surface area contributed by atoms with Crippen molar-refractivity contribution in [2.24, 2.45) is 0 Å². The number of phenolic OH excluding ortho intramolecular Hbond substituents is 1. The Morgan fingerprint density at radius 2 is 2.25 bits per heavy atom. The van der Waals surface area contributed by atoms with Gasteiger partial charge in [0.1, 0.15) is 5.75 Å². The van der Waals surface area contributed by atoms with Crippen LogP contribution in [0.25, 0.3) is 0 Å². The fraction of sp³-hybridized carbons (Fsp3) is 0.462. The molecular weight excluding hydrogens is 200 g/mol. The summed E-state index contributed by atoms with van der Waals surface area (Å²) < 4.78 is 0. The van der Waals surface area contributed by atoms with Crippen molar-refractivity contribution in [3.63, 3.8) is 0 Å². The van der Waals surface area contributed by atoms with Crippen LogP contribution in [0.1, 0.15) is 24.8 Å². The summed E-state index contributed by atoms with van der Waals surface area (Å²) in [5, 5.41) is 18.0. The monoisotopic (exact) mass is 216 g/mol. The van der Waals surface area contributed by atoms with Crippen molar-refractivity contribution in [3.8, 4) is 11.8 Å². The van der Waals surface area contributed by atoms with Crippen molar-refractivity contribution in [2.75, 3.05) is 6.54 Å². The summed E-state index contributed by atoms with van der Waals surface area (Å²) in [7, 11) is 0. The maximum absolute atomic E-state index is 9.39. The van der Waals surface area contributed by atoms with Crippen LogP contribution in [0.3, 0.4) is 0 Å². The van der Waals surface area contributed by atoms with Crippen molar-refractivity contribution >= 4 is 0 Å². The minimum Gasteiger partial charge on any atom is -0.508 e. The molecule has 3 heteroatoms. The van der Waals surface area contributed by atoms with Gasteiger partial charge in [0, 0.05) is 25.6 Å². The number of benzene rings is 1. The molecule has 0 unspecified atom stereocenters. The molecule has 0 aliphatic heterocycles. The number of nitrogens with zero attached hydrogens (tertiary/aromatic N) is 2. The lowest BCUT2D eigenvalue weighted by Gasteiger charge is -2.20. The highest BCUT2D eigenvalue weighted by Gasteiger charge is 2.28. The first-order valence-corrected chi connectivity index (χ1v) is 5.68. The molecule has 1 aromatic rings. The predicted molar refractivity (Wildman–Crippen MR) is 61.8 cm³/mol. The van der Waals surface area contributed by atoms with E-state index in [0.717, 1.165) is 18.7 Å². The van der Waals surface area contributed by atoms with E-state index in [2.05, 4.69) is 11.0 Å². The Labute approximate surface area is 95.9 Å². The smallest absolute Gasteiger partial charge is 0.115 e. The molecule has 0 amide bonds. The summed E-state index contributed by atoms with van der Waals surface area (Å²) in [4.78, 5) is 2.33. The van der Waals surface area contributed by atoms with Gasteiger partial charge in [-0.3, -0.25) is 4.90 Å². The molecule has 0 atom stereocenters. The lowest BCUT2D eigenvalue weighted by Crippen LogP contribution is -2.26. The summed E-state index contributed by atoms with van der Waals surface area (Å²) in [5.74, 6) is 0.313. The van der Waals surface area contributed by atoms with Gasteiger partial charge in [0.05, 0.1) is 6.07 Å². The number of hydrogen-bond acceptors (Lipinski definition) is 3. The van der Waals surface area contributed by atoms with Crippen molar-refractivity contribution in [1.82, 2.24) is 4.90 Å². The molecule has 84 valence electrons. The summed E-state index contributed by atoms with van der Waals surface area (Å²) in [6.45, 7) is 1.66. The van der Waals surface area contributed by atoms with E-state index in [9.17, 15) is 5.11 Å². The lowest BCUT2D eigenvalue weighted by atomic mass is 10.2. The average Bonchev–Trinajstić information content (AvgIpc) is 3.08. The largest absolute Gasteiger partial charge is 0.508 e. The van der Waals surface area contributed by atoms with Crippen molar-refractivity contribution in [2.45, 2.75) is 31.8 Å². The molecule has 0 bridgehead atoms. The van der Waals surface area contributed by atoms with Crippen LogP contribution < -0.4 is 0 Å². The van der Waals surface area contributed by atoms with Gasteiger partial charge in [0.2, 0.25) is 0 Å². The molecule has 1 N–H and O–H groups in total. The molecule has 1 aliphatic rings. The number of hydrogen-bond donors (Lipinski definition) is 1. The Balaban J connectivity index is 1.97. The number of nitriles is 1. The van der Waals surface area contributed by atoms with Crippen LogP contribution in [0, 0.1) is 11.3 Å². The zero-order chi connectivity index (χ0) is 11.4. The highest BCUT2D eigenvalue weighted by Crippen LogP contribution is 2.28. The fourth-order valence-electron chi connectivity index (χ4n) is 1.91. The lowest BCUT2D eigenvalue weighted by molar-refractivity contribution is 0.260. The minimum atomic E-state index is 0.313. The minimum absolute atomic E-state index is 0.313. The Bertz CT molecular complexity index is 393. The first-order valence-electron chi connectivity index (χ1n) is 5.68. The standard InChI is InChI=1S/C13H16N2O/c14-7-2-8-15(12-5-6-12)10-11-3-1-4-13(16)9-11/h1,3-4,9,12,16H,2,5-6,8,10H2. The molecule has 0 heterocycles. The topological polar surface area (TPSA) is 47.3 Å². The number of aromatic hydroxyl groups is 1. The van der Waals surface area contributed by atoms with Crippen LogP contribution in [-0.4, -0.2) is 22.6 Å². The average molecular weight is 216 g/mol. The second-order valence-corrected chi connectivity index (χ2v) is 4.28. The van der Waals surface area contributed by atoms with E-state index in [0.29, 0.717) is 18.2 Å². The summed E-state index contributed by atoms with van der Waals surface area (Å²) in [6.07, 6.45) is 3.06. The van der Waals surface area contributed by atoms with Crippen LogP contribution >= 0.6 is 0 Å². The van der Waals surface area contributed by atoms with Gasteiger partial charge in [-0.05, 0) is 30.5 Å². The molecule has 0 radical (unpaired) electrons. The Kier molecular flexibility index (Phi) is 3.43. The van der Waals surface area contributed by atoms with E-state index in [4.69, 9.17) is 5.26 Å². The Hall–Kier alpha value is -1.53. The van der Waals surface area contributed by atoms with E-state index in [-0.39, 0.29) is 0 Å². The molecule has 0 saturated heterocycles. The molecule has 16 heavy (non-hydrogen) atoms. The molecule has 1 saturated carbocycles. The zero-order valence-corrected chi connectivity index (χ0v) is 9.26. The van der Waals surface area contributed by atoms with Gasteiger partial charge in [-0.1, -0.05) is 12.1 Å². The van der Waals surface area contributed by atoms with E-state index in [1.807, 2.05) is 12.1 Å². The highest BCUT2D eigenvalue weighted by molar-refractivity contribution is 5.27. The maximum Gasteiger partial charge on any atom is 0.115 e. The Morgan fingerprint density at radius 3 is 2.88 bits per heavy atom. The maximum atomic E-state index is 9.39. The van der Waals surface area contributed by atoms with Crippen LogP contribution in [0.5, 0.6) is 5.75 Å². The van der Waals surface area contributed by atoms with E-state index < -0.39 is 0 Å². The molecule has 1 aromatic carbocycles. The third kappa shape index (κ3) is 2.98. The van der Waals surface area contributed by atoms with Crippen LogP contribution in [0.2, 0.25) is 0 Å². The molecular formula is C13H16N2O. The van der Waals surface area contributed by atoms with Gasteiger partial charge < -0.3 is 5.11 Å². The molecule has 1 aliphatic carbocycles. The van der Waals surface area contributed by atoms with Gasteiger partial charge in [0.25, 0.3) is 0 Å². The molecule has 3 nitrogen and oxygen atoms in total. The highest BCUT2D eigenvalue weighted by atomic mass is 16.3. The third-order valence-electron chi connectivity index (χ3n) is 2.87. The summed E-state index contributed by atoms with van der Waals surface area (Å²) in [5.41, 5.74) is 1.12. The van der Waals surface area contributed by atoms with Gasteiger partial charge in [-0.15, -0.1) is 0 Å². The quantitative estimate of drug-likeness (QED) is 0.821. The second kappa shape index (κ2) is 5.00. The number of phenols is 1. The first kappa shape index (κ1) is 11.0. The van der Waals surface area contributed by atoms with Crippen LogP contribution in [0.15, 0.2) is 24.3 Å². The van der Waals surface area contributed by atoms with E-state index in [1.54, 1.807) is 12.1 Å². The molecule has 1 fully saturated rings. The van der Waals surface area contributed by atoms with Crippen molar-refractivity contribution in [3.05, 3.63) is 29.8 Å². The predicted octanol–water partition coefficient (Wildman–Crippen LogP) is 2.27. The molecule has 0 spiro atoms. The van der Waals surface area contributed by atoms with Crippen molar-refractivity contribution < 1.29 is 5.11 Å². The number of rotatable bonds is 5. The van der Waals surface area contributed by atoms with Gasteiger partial charge in [-0.2, -0.15) is 5.26 Å². The normalized spacial score (nSPS) is 15.0. The van der Waals surface area contributed by atoms with Crippen LogP contribution in [0.4, 0.5) is 0 Å². The zero-order valence-electron chi connectivity index (χ0n) is 9.26. The Morgan fingerprint density at radius 1 is 1.44 bits per heavy atom. The van der Waals surface area contributed by atoms with Gasteiger partial charge in [-0.25, -0.2) is 0 Å². The molecule has 2 rings (SSSR count). The fourth-order valence-corrected chi connectivity index (χ4v) is 1.91. The van der Waals surface area contributed by atoms with E-state index in [1.165, 1.54) is 12.8 Å². The second-order valence-electron chi connectivity index (χ2n) is 4.28. The van der Waals surface area contributed by atoms with Crippen molar-refractivity contribution in [1.29, 1.82) is 5.26 Å². The van der Waals surface area contributed by atoms with Gasteiger partial charge in [0.15, 0.2) is 0 Å². The van der Waals surface area contributed by atoms with E-state index >= 15 is 0 Å². The summed E-state index contributed by atoms with van der Waals surface area (Å²) >= 11 is 0. The van der Waals surface area contributed by atoms with Crippen LogP contribution in [-0.2, 0) is 6.54 Å². The summed E-state index contributed by atoms with van der Waals surface area (Å²) in [6, 6.07) is 10.2.